The first-order valence-electron chi connectivity index (χ1n) is 9.91. The summed E-state index contributed by atoms with van der Waals surface area (Å²) in [4.78, 5) is 20.8. The third-order valence-corrected chi connectivity index (χ3v) is 7.82. The van der Waals surface area contributed by atoms with E-state index in [-0.39, 0.29) is 0 Å². The number of thiazole rings is 1. The first-order chi connectivity index (χ1) is 13.8. The Kier molecular flexibility index (Phi) is 3.97. The van der Waals surface area contributed by atoms with Crippen molar-refractivity contribution in [2.75, 3.05) is 36.0 Å². The molecule has 0 atom stereocenters. The van der Waals surface area contributed by atoms with E-state index in [0.29, 0.717) is 5.92 Å². The summed E-state index contributed by atoms with van der Waals surface area (Å²) in [5.41, 5.74) is 2.22. The number of fused-ring (bicyclic) bond motifs is 2. The monoisotopic (exact) mass is 411 g/mol. The van der Waals surface area contributed by atoms with Crippen LogP contribution >= 0.6 is 22.7 Å². The molecule has 5 heterocycles. The van der Waals surface area contributed by atoms with Gasteiger partial charge in [0.15, 0.2) is 5.13 Å². The molecule has 7 nitrogen and oxygen atoms in total. The zero-order chi connectivity index (χ0) is 18.5. The van der Waals surface area contributed by atoms with E-state index in [1.165, 1.54) is 31.4 Å². The first kappa shape index (κ1) is 16.7. The molecule has 0 radical (unpaired) electrons. The minimum absolute atomic E-state index is 0.643. The van der Waals surface area contributed by atoms with Gasteiger partial charge >= 0.3 is 0 Å². The van der Waals surface area contributed by atoms with Crippen LogP contribution in [0.2, 0.25) is 0 Å². The zero-order valence-electron chi connectivity index (χ0n) is 15.5. The number of hydrogen-bond acceptors (Lipinski definition) is 8. The number of imidazole rings is 1. The fourth-order valence-corrected chi connectivity index (χ4v) is 6.14. The first-order valence-corrected chi connectivity index (χ1v) is 11.5. The molecule has 2 aliphatic rings. The van der Waals surface area contributed by atoms with Gasteiger partial charge < -0.3 is 9.80 Å². The van der Waals surface area contributed by atoms with E-state index >= 15 is 0 Å². The molecule has 0 N–H and O–H groups in total. The lowest BCUT2D eigenvalue weighted by molar-refractivity contribution is 0.647. The van der Waals surface area contributed by atoms with E-state index in [2.05, 4.69) is 21.0 Å². The van der Waals surface area contributed by atoms with Gasteiger partial charge in [-0.05, 0) is 25.0 Å². The van der Waals surface area contributed by atoms with Gasteiger partial charge in [0.2, 0.25) is 10.1 Å². The molecule has 4 aromatic rings. The van der Waals surface area contributed by atoms with Crippen molar-refractivity contribution < 1.29 is 0 Å². The van der Waals surface area contributed by atoms with Crippen LogP contribution in [0.15, 0.2) is 24.5 Å². The molecule has 1 aliphatic carbocycles. The Morgan fingerprint density at radius 1 is 0.929 bits per heavy atom. The van der Waals surface area contributed by atoms with Crippen LogP contribution in [0.4, 0.5) is 10.3 Å². The van der Waals surface area contributed by atoms with Crippen LogP contribution in [-0.2, 0) is 0 Å². The molecule has 0 amide bonds. The summed E-state index contributed by atoms with van der Waals surface area (Å²) in [6.07, 6.45) is 9.21. The minimum Gasteiger partial charge on any atom is -0.344 e. The number of pyridine rings is 1. The highest BCUT2D eigenvalue weighted by atomic mass is 32.1. The van der Waals surface area contributed by atoms with Gasteiger partial charge in [-0.25, -0.2) is 19.5 Å². The van der Waals surface area contributed by atoms with Crippen molar-refractivity contribution >= 4 is 48.2 Å². The molecule has 144 valence electrons. The smallest absolute Gasteiger partial charge is 0.214 e. The summed E-state index contributed by atoms with van der Waals surface area (Å²) < 4.78 is 1.99. The van der Waals surface area contributed by atoms with Crippen LogP contribution in [0.3, 0.4) is 0 Å². The molecule has 28 heavy (non-hydrogen) atoms. The number of nitrogens with zero attached hydrogens (tertiary/aromatic N) is 7. The molecule has 0 unspecified atom stereocenters. The lowest BCUT2D eigenvalue weighted by atomic mass is 10.1. The molecule has 6 rings (SSSR count). The second-order valence-electron chi connectivity index (χ2n) is 7.56. The maximum absolute atomic E-state index is 4.86. The van der Waals surface area contributed by atoms with Gasteiger partial charge in [-0.1, -0.05) is 35.5 Å². The van der Waals surface area contributed by atoms with Gasteiger partial charge in [-0.15, -0.1) is 5.10 Å². The minimum atomic E-state index is 0.643. The molecule has 0 bridgehead atoms. The zero-order valence-corrected chi connectivity index (χ0v) is 17.1. The molecule has 1 saturated heterocycles. The van der Waals surface area contributed by atoms with Gasteiger partial charge in [0.05, 0.1) is 11.9 Å². The van der Waals surface area contributed by atoms with Crippen LogP contribution in [0, 0.1) is 0 Å². The summed E-state index contributed by atoms with van der Waals surface area (Å²) in [5.74, 6) is 0.643. The Bertz CT molecular complexity index is 1050. The fourth-order valence-electron chi connectivity index (χ4n) is 4.24. The molecule has 0 aromatic carbocycles. The number of hydrogen-bond donors (Lipinski definition) is 0. The SMILES string of the molecule is c1cnc2sc(N3CCN(c4nn5cc(C6CCCC6)nc5s4)CC3)nc2c1. The number of anilines is 2. The van der Waals surface area contributed by atoms with Crippen LogP contribution in [0.1, 0.15) is 37.3 Å². The number of rotatable bonds is 3. The Hall–Kier alpha value is -2.26. The van der Waals surface area contributed by atoms with Gasteiger partial charge in [0.1, 0.15) is 10.3 Å². The average molecular weight is 412 g/mol. The quantitative estimate of drug-likeness (QED) is 0.511. The normalized spacial score (nSPS) is 18.7. The molecule has 1 saturated carbocycles. The van der Waals surface area contributed by atoms with Crippen molar-refractivity contribution in [3.05, 3.63) is 30.2 Å². The predicted molar refractivity (Wildman–Crippen MR) is 114 cm³/mol. The molecule has 2 fully saturated rings. The Morgan fingerprint density at radius 2 is 1.71 bits per heavy atom. The third kappa shape index (κ3) is 2.84. The van der Waals surface area contributed by atoms with Crippen molar-refractivity contribution in [1.29, 1.82) is 0 Å². The van der Waals surface area contributed by atoms with Crippen molar-refractivity contribution in [1.82, 2.24) is 24.6 Å². The molecule has 1 aliphatic heterocycles. The Labute approximate surface area is 170 Å². The highest BCUT2D eigenvalue weighted by Gasteiger charge is 2.24. The van der Waals surface area contributed by atoms with Crippen molar-refractivity contribution in [2.45, 2.75) is 31.6 Å². The van der Waals surface area contributed by atoms with Crippen molar-refractivity contribution in [3.63, 3.8) is 0 Å². The number of piperazine rings is 1. The second kappa shape index (κ2) is 6.66. The van der Waals surface area contributed by atoms with Gasteiger partial charge in [0, 0.05) is 38.3 Å². The highest BCUT2D eigenvalue weighted by molar-refractivity contribution is 7.21. The number of aromatic nitrogens is 5. The average Bonchev–Trinajstić information content (AvgIpc) is 3.50. The lowest BCUT2D eigenvalue weighted by Gasteiger charge is -2.34. The maximum atomic E-state index is 4.86. The van der Waals surface area contributed by atoms with Gasteiger partial charge in [-0.2, -0.15) is 0 Å². The van der Waals surface area contributed by atoms with Crippen molar-refractivity contribution in [3.8, 4) is 0 Å². The molecular formula is C19H21N7S2. The fraction of sp³-hybridized carbons (Fsp3) is 0.474. The van der Waals surface area contributed by atoms with Gasteiger partial charge in [0.25, 0.3) is 0 Å². The Balaban J connectivity index is 1.16. The van der Waals surface area contributed by atoms with E-state index in [4.69, 9.17) is 15.1 Å². The van der Waals surface area contributed by atoms with Gasteiger partial charge in [-0.3, -0.25) is 0 Å². The largest absolute Gasteiger partial charge is 0.344 e. The van der Waals surface area contributed by atoms with E-state index < -0.39 is 0 Å². The van der Waals surface area contributed by atoms with Crippen LogP contribution in [-0.4, -0.2) is 50.7 Å². The van der Waals surface area contributed by atoms with E-state index in [1.807, 2.05) is 22.8 Å². The Morgan fingerprint density at radius 3 is 2.46 bits per heavy atom. The molecular weight excluding hydrogens is 390 g/mol. The van der Waals surface area contributed by atoms with Crippen LogP contribution in [0.25, 0.3) is 15.3 Å². The van der Waals surface area contributed by atoms with E-state index in [9.17, 15) is 0 Å². The van der Waals surface area contributed by atoms with Crippen molar-refractivity contribution in [2.24, 2.45) is 0 Å². The molecule has 0 spiro atoms. The topological polar surface area (TPSA) is 62.5 Å². The summed E-state index contributed by atoms with van der Waals surface area (Å²) >= 11 is 3.39. The highest BCUT2D eigenvalue weighted by Crippen LogP contribution is 2.35. The predicted octanol–water partition coefficient (Wildman–Crippen LogP) is 3.78. The third-order valence-electron chi connectivity index (χ3n) is 5.80. The summed E-state index contributed by atoms with van der Waals surface area (Å²) in [5, 5.41) is 6.97. The standard InChI is InChI=1S/C19H21N7S2/c1-2-5-13(4-1)15-12-26-18(22-15)28-19(23-26)25-10-8-24(9-11-25)17-21-14-6-3-7-20-16(14)27-17/h3,6-7,12-13H,1-2,4-5,8-11H2. The van der Waals surface area contributed by atoms with Crippen LogP contribution < -0.4 is 9.80 Å². The second-order valence-corrected chi connectivity index (χ2v) is 9.45. The summed E-state index contributed by atoms with van der Waals surface area (Å²) in [7, 11) is 0. The maximum Gasteiger partial charge on any atom is 0.214 e. The van der Waals surface area contributed by atoms with E-state index in [1.54, 1.807) is 22.7 Å². The summed E-state index contributed by atoms with van der Waals surface area (Å²) in [6, 6.07) is 3.98. The van der Waals surface area contributed by atoms with E-state index in [0.717, 1.165) is 51.8 Å². The summed E-state index contributed by atoms with van der Waals surface area (Å²) in [6.45, 7) is 3.81. The van der Waals surface area contributed by atoms with Crippen LogP contribution in [0.5, 0.6) is 0 Å². The molecule has 9 heteroatoms. The lowest BCUT2D eigenvalue weighted by Crippen LogP contribution is -2.46. The molecule has 4 aromatic heterocycles.